The average Bonchev–Trinajstić information content (AvgIpc) is 2.61. The monoisotopic (exact) mass is 343 g/mol. The van der Waals surface area contributed by atoms with Crippen LogP contribution in [-0.4, -0.2) is 29.5 Å². The number of methoxy groups -OCH3 is 1. The number of pyridine rings is 1. The van der Waals surface area contributed by atoms with Crippen molar-refractivity contribution in [3.8, 4) is 22.9 Å². The molecule has 1 unspecified atom stereocenters. The van der Waals surface area contributed by atoms with Crippen LogP contribution in [0.1, 0.15) is 30.9 Å². The summed E-state index contributed by atoms with van der Waals surface area (Å²) in [5, 5.41) is 9.73. The van der Waals surface area contributed by atoms with Gasteiger partial charge in [-0.05, 0) is 43.5 Å². The molecule has 1 aliphatic heterocycles. The maximum Gasteiger partial charge on any atom is 0.197 e. The topological polar surface area (TPSA) is 60.7 Å². The summed E-state index contributed by atoms with van der Waals surface area (Å²) in [6.07, 6.45) is 2.75. The first kappa shape index (κ1) is 17.5. The van der Waals surface area contributed by atoms with Crippen molar-refractivity contribution in [1.29, 1.82) is 0 Å². The quantitative estimate of drug-likeness (QED) is 0.874. The molecule has 1 atom stereocenters. The standard InChI is InChI=1S/C20H25NO4/c1-4-5-16(24-3)12-25-19-11-18(23)13(2)20-17-7-6-15(22)10-14(17)8-9-21(19)20/h6-7,10-11,16,22H,4-5,8-9,12H2,1-3H3. The van der Waals surface area contributed by atoms with Gasteiger partial charge in [0.1, 0.15) is 12.4 Å². The van der Waals surface area contributed by atoms with Crippen LogP contribution in [0.3, 0.4) is 0 Å². The van der Waals surface area contributed by atoms with Crippen LogP contribution in [0.25, 0.3) is 11.3 Å². The Labute approximate surface area is 147 Å². The zero-order valence-electron chi connectivity index (χ0n) is 15.0. The fourth-order valence-corrected chi connectivity index (χ4v) is 3.44. The number of aryl methyl sites for hydroxylation is 1. The van der Waals surface area contributed by atoms with E-state index in [0.29, 0.717) is 24.6 Å². The van der Waals surface area contributed by atoms with Gasteiger partial charge in [-0.15, -0.1) is 0 Å². The zero-order chi connectivity index (χ0) is 18.0. The van der Waals surface area contributed by atoms with E-state index < -0.39 is 0 Å². The van der Waals surface area contributed by atoms with Crippen molar-refractivity contribution in [3.05, 3.63) is 45.6 Å². The molecule has 0 spiro atoms. The van der Waals surface area contributed by atoms with E-state index in [2.05, 4.69) is 11.5 Å². The van der Waals surface area contributed by atoms with Crippen LogP contribution in [0.5, 0.6) is 11.6 Å². The molecule has 0 bridgehead atoms. The minimum absolute atomic E-state index is 0.0190. The van der Waals surface area contributed by atoms with Crippen molar-refractivity contribution in [2.24, 2.45) is 0 Å². The Morgan fingerprint density at radius 2 is 2.12 bits per heavy atom. The number of nitrogens with zero attached hydrogens (tertiary/aromatic N) is 1. The molecule has 1 aromatic carbocycles. The molecule has 2 heterocycles. The first-order valence-electron chi connectivity index (χ1n) is 8.77. The van der Waals surface area contributed by atoms with Crippen LogP contribution in [0, 0.1) is 6.92 Å². The van der Waals surface area contributed by atoms with Crippen molar-refractivity contribution in [1.82, 2.24) is 4.57 Å². The molecule has 5 heteroatoms. The molecule has 0 aliphatic carbocycles. The summed E-state index contributed by atoms with van der Waals surface area (Å²) in [6.45, 7) is 5.09. The second-order valence-corrected chi connectivity index (χ2v) is 6.52. The van der Waals surface area contributed by atoms with Crippen molar-refractivity contribution >= 4 is 0 Å². The van der Waals surface area contributed by atoms with E-state index in [1.54, 1.807) is 25.3 Å². The number of phenolic OH excluding ortho intramolecular Hbond substituents is 1. The molecule has 2 aromatic rings. The maximum absolute atomic E-state index is 12.5. The van der Waals surface area contributed by atoms with Crippen molar-refractivity contribution in [2.75, 3.05) is 13.7 Å². The van der Waals surface area contributed by atoms with E-state index in [1.165, 1.54) is 0 Å². The Morgan fingerprint density at radius 1 is 1.32 bits per heavy atom. The molecule has 0 fully saturated rings. The number of aromatic hydroxyl groups is 1. The smallest absolute Gasteiger partial charge is 0.197 e. The molecular formula is C20H25NO4. The molecule has 0 saturated heterocycles. The second-order valence-electron chi connectivity index (χ2n) is 6.52. The molecule has 0 radical (unpaired) electrons. The van der Waals surface area contributed by atoms with Gasteiger partial charge in [0.2, 0.25) is 0 Å². The van der Waals surface area contributed by atoms with E-state index in [9.17, 15) is 9.90 Å². The molecule has 0 amide bonds. The van der Waals surface area contributed by atoms with E-state index in [4.69, 9.17) is 9.47 Å². The van der Waals surface area contributed by atoms with Crippen LogP contribution < -0.4 is 10.2 Å². The lowest BCUT2D eigenvalue weighted by atomic mass is 9.94. The van der Waals surface area contributed by atoms with Crippen LogP contribution >= 0.6 is 0 Å². The Bertz CT molecular complexity index is 825. The average molecular weight is 343 g/mol. The van der Waals surface area contributed by atoms with E-state index in [1.807, 2.05) is 13.0 Å². The second kappa shape index (κ2) is 7.31. The molecule has 0 saturated carbocycles. The SMILES string of the molecule is CCCC(COc1cc(=O)c(C)c2n1CCc1cc(O)ccc1-2)OC. The van der Waals surface area contributed by atoms with Gasteiger partial charge in [0.05, 0.1) is 11.8 Å². The highest BCUT2D eigenvalue weighted by Gasteiger charge is 2.22. The van der Waals surface area contributed by atoms with Gasteiger partial charge in [0.15, 0.2) is 11.3 Å². The van der Waals surface area contributed by atoms with E-state index in [-0.39, 0.29) is 17.3 Å². The number of benzene rings is 1. The van der Waals surface area contributed by atoms with Gasteiger partial charge in [-0.1, -0.05) is 13.3 Å². The molecule has 1 N–H and O–H groups in total. The number of ether oxygens (including phenoxy) is 2. The minimum atomic E-state index is -0.0355. The fourth-order valence-electron chi connectivity index (χ4n) is 3.44. The largest absolute Gasteiger partial charge is 0.508 e. The number of hydrogen-bond acceptors (Lipinski definition) is 4. The first-order valence-corrected chi connectivity index (χ1v) is 8.77. The van der Waals surface area contributed by atoms with Crippen LogP contribution in [-0.2, 0) is 17.7 Å². The minimum Gasteiger partial charge on any atom is -0.508 e. The first-order chi connectivity index (χ1) is 12.0. The molecular weight excluding hydrogens is 318 g/mol. The molecule has 1 aliphatic rings. The summed E-state index contributed by atoms with van der Waals surface area (Å²) in [5.41, 5.74) is 3.59. The highest BCUT2D eigenvalue weighted by molar-refractivity contribution is 5.70. The normalized spacial score (nSPS) is 13.9. The lowest BCUT2D eigenvalue weighted by molar-refractivity contribution is 0.0484. The van der Waals surface area contributed by atoms with Crippen LogP contribution in [0.15, 0.2) is 29.1 Å². The molecule has 3 rings (SSSR count). The Morgan fingerprint density at radius 3 is 2.84 bits per heavy atom. The number of rotatable bonds is 6. The number of aromatic nitrogens is 1. The van der Waals surface area contributed by atoms with Crippen LogP contribution in [0.2, 0.25) is 0 Å². The third kappa shape index (κ3) is 3.42. The van der Waals surface area contributed by atoms with Gasteiger partial charge in [0.25, 0.3) is 0 Å². The van der Waals surface area contributed by atoms with Crippen LogP contribution in [0.4, 0.5) is 0 Å². The summed E-state index contributed by atoms with van der Waals surface area (Å²) in [6, 6.07) is 6.89. The van der Waals surface area contributed by atoms with Gasteiger partial charge < -0.3 is 19.1 Å². The van der Waals surface area contributed by atoms with Gasteiger partial charge in [-0.3, -0.25) is 4.79 Å². The van der Waals surface area contributed by atoms with E-state index in [0.717, 1.165) is 36.1 Å². The maximum atomic E-state index is 12.5. The third-order valence-corrected chi connectivity index (χ3v) is 4.83. The summed E-state index contributed by atoms with van der Waals surface area (Å²) < 4.78 is 13.5. The predicted octanol–water partition coefficient (Wildman–Crippen LogP) is 3.28. The Hall–Kier alpha value is -2.27. The molecule has 5 nitrogen and oxygen atoms in total. The molecule has 25 heavy (non-hydrogen) atoms. The van der Waals surface area contributed by atoms with Gasteiger partial charge in [-0.25, -0.2) is 0 Å². The number of hydrogen-bond donors (Lipinski definition) is 1. The number of phenols is 1. The lowest BCUT2D eigenvalue weighted by Crippen LogP contribution is -2.25. The highest BCUT2D eigenvalue weighted by atomic mass is 16.5. The van der Waals surface area contributed by atoms with Crippen molar-refractivity contribution < 1.29 is 14.6 Å². The van der Waals surface area contributed by atoms with Crippen molar-refractivity contribution in [2.45, 2.75) is 45.8 Å². The number of fused-ring (bicyclic) bond motifs is 3. The van der Waals surface area contributed by atoms with Crippen molar-refractivity contribution in [3.63, 3.8) is 0 Å². The molecule has 134 valence electrons. The zero-order valence-corrected chi connectivity index (χ0v) is 15.0. The lowest BCUT2D eigenvalue weighted by Gasteiger charge is -2.27. The Kier molecular flexibility index (Phi) is 5.13. The van der Waals surface area contributed by atoms with Gasteiger partial charge in [0, 0.05) is 30.8 Å². The summed E-state index contributed by atoms with van der Waals surface area (Å²) in [5.74, 6) is 0.838. The summed E-state index contributed by atoms with van der Waals surface area (Å²) in [4.78, 5) is 12.5. The van der Waals surface area contributed by atoms with Gasteiger partial charge in [-0.2, -0.15) is 0 Å². The van der Waals surface area contributed by atoms with E-state index >= 15 is 0 Å². The fraction of sp³-hybridized carbons (Fsp3) is 0.450. The predicted molar refractivity (Wildman–Crippen MR) is 97.4 cm³/mol. The summed E-state index contributed by atoms with van der Waals surface area (Å²) >= 11 is 0. The highest BCUT2D eigenvalue weighted by Crippen LogP contribution is 2.35. The third-order valence-electron chi connectivity index (χ3n) is 4.83. The Balaban J connectivity index is 2.01. The molecule has 1 aromatic heterocycles. The van der Waals surface area contributed by atoms with Gasteiger partial charge >= 0.3 is 0 Å². The summed E-state index contributed by atoms with van der Waals surface area (Å²) in [7, 11) is 1.68.